The highest BCUT2D eigenvalue weighted by molar-refractivity contribution is 5.85. The molecule has 5 heteroatoms. The van der Waals surface area contributed by atoms with Crippen LogP contribution in [0.4, 0.5) is 13.2 Å². The van der Waals surface area contributed by atoms with Crippen molar-refractivity contribution >= 4 is 12.4 Å². The number of halogens is 4. The summed E-state index contributed by atoms with van der Waals surface area (Å²) >= 11 is 0. The Morgan fingerprint density at radius 2 is 1.39 bits per heavy atom. The lowest BCUT2D eigenvalue weighted by Gasteiger charge is -2.12. The molecule has 0 heterocycles. The highest BCUT2D eigenvalue weighted by Gasteiger charge is 2.29. The second kappa shape index (κ2) is 8.37. The van der Waals surface area contributed by atoms with Gasteiger partial charge in [0.25, 0.3) is 0 Å². The molecule has 2 N–H and O–H groups in total. The average Bonchev–Trinajstić information content (AvgIpc) is 2.52. The predicted molar refractivity (Wildman–Crippen MR) is 90.6 cm³/mol. The smallest absolute Gasteiger partial charge is 0.324 e. The van der Waals surface area contributed by atoms with Crippen LogP contribution in [0.1, 0.15) is 43.4 Å². The normalized spacial score (nSPS) is 12.6. The molecule has 0 saturated heterocycles. The van der Waals surface area contributed by atoms with Crippen molar-refractivity contribution in [1.82, 2.24) is 0 Å². The van der Waals surface area contributed by atoms with E-state index < -0.39 is 11.7 Å². The average molecular weight is 344 g/mol. The van der Waals surface area contributed by atoms with Crippen LogP contribution in [-0.2, 0) is 6.18 Å². The highest BCUT2D eigenvalue weighted by atomic mass is 35.5. The van der Waals surface area contributed by atoms with E-state index in [4.69, 9.17) is 5.73 Å². The molecule has 23 heavy (non-hydrogen) atoms. The summed E-state index contributed by atoms with van der Waals surface area (Å²) in [4.78, 5) is 0. The topological polar surface area (TPSA) is 26.0 Å². The van der Waals surface area contributed by atoms with Gasteiger partial charge in [0.05, 0.1) is 5.56 Å². The molecule has 0 spiro atoms. The van der Waals surface area contributed by atoms with Gasteiger partial charge in [-0.15, -0.1) is 12.4 Å². The lowest BCUT2D eigenvalue weighted by atomic mass is 9.98. The molecule has 2 aromatic carbocycles. The minimum Gasteiger partial charge on any atom is -0.324 e. The minimum atomic E-state index is -4.30. The summed E-state index contributed by atoms with van der Waals surface area (Å²) in [5, 5.41) is 0. The molecule has 126 valence electrons. The maximum atomic E-state index is 12.6. The van der Waals surface area contributed by atoms with E-state index in [1.807, 2.05) is 24.3 Å². The molecule has 0 aliphatic rings. The Morgan fingerprint density at radius 1 is 0.913 bits per heavy atom. The molecule has 1 atom stereocenters. The van der Waals surface area contributed by atoms with Gasteiger partial charge in [-0.25, -0.2) is 0 Å². The van der Waals surface area contributed by atoms with Crippen molar-refractivity contribution in [1.29, 1.82) is 0 Å². The van der Waals surface area contributed by atoms with Crippen molar-refractivity contribution in [3.05, 3.63) is 59.7 Å². The van der Waals surface area contributed by atoms with Crippen LogP contribution in [0.25, 0.3) is 11.1 Å². The molecule has 0 saturated carbocycles. The van der Waals surface area contributed by atoms with Gasteiger partial charge in [-0.1, -0.05) is 56.2 Å². The van der Waals surface area contributed by atoms with Crippen LogP contribution in [0.3, 0.4) is 0 Å². The van der Waals surface area contributed by atoms with Crippen LogP contribution in [0, 0.1) is 0 Å². The number of nitrogens with two attached hydrogens (primary N) is 1. The van der Waals surface area contributed by atoms with E-state index in [9.17, 15) is 13.2 Å². The van der Waals surface area contributed by atoms with Gasteiger partial charge in [-0.2, -0.15) is 13.2 Å². The van der Waals surface area contributed by atoms with Gasteiger partial charge in [0, 0.05) is 6.04 Å². The zero-order valence-corrected chi connectivity index (χ0v) is 13.8. The predicted octanol–water partition coefficient (Wildman–Crippen LogP) is 5.98. The molecule has 0 aliphatic carbocycles. The third-order valence-corrected chi connectivity index (χ3v) is 3.75. The van der Waals surface area contributed by atoms with Crippen LogP contribution < -0.4 is 5.73 Å². The van der Waals surface area contributed by atoms with Crippen LogP contribution in [0.15, 0.2) is 48.5 Å². The Labute approximate surface area is 141 Å². The SMILES string of the molecule is CCCC[C@H](N)c1ccc(-c2ccc(C(F)(F)F)cc2)cc1.Cl. The number of benzene rings is 2. The fourth-order valence-electron chi connectivity index (χ4n) is 2.37. The van der Waals surface area contributed by atoms with Crippen molar-refractivity contribution in [3.8, 4) is 11.1 Å². The summed E-state index contributed by atoms with van der Waals surface area (Å²) in [5.41, 5.74) is 8.20. The maximum Gasteiger partial charge on any atom is 0.416 e. The molecular weight excluding hydrogens is 323 g/mol. The molecule has 0 bridgehead atoms. The lowest BCUT2D eigenvalue weighted by Crippen LogP contribution is -2.09. The number of unbranched alkanes of at least 4 members (excludes halogenated alkanes) is 1. The molecule has 0 aromatic heterocycles. The number of hydrogen-bond donors (Lipinski definition) is 1. The summed E-state index contributed by atoms with van der Waals surface area (Å²) in [6, 6.07) is 12.9. The Balaban J connectivity index is 0.00000264. The van der Waals surface area contributed by atoms with Crippen LogP contribution in [0.2, 0.25) is 0 Å². The van der Waals surface area contributed by atoms with Crippen molar-refractivity contribution in [2.24, 2.45) is 5.73 Å². The number of rotatable bonds is 5. The number of alkyl halides is 3. The van der Waals surface area contributed by atoms with Crippen molar-refractivity contribution in [2.75, 3.05) is 0 Å². The summed E-state index contributed by atoms with van der Waals surface area (Å²) < 4.78 is 37.7. The van der Waals surface area contributed by atoms with Gasteiger partial charge in [0.1, 0.15) is 0 Å². The van der Waals surface area contributed by atoms with Crippen molar-refractivity contribution in [3.63, 3.8) is 0 Å². The molecule has 0 aliphatic heterocycles. The summed E-state index contributed by atoms with van der Waals surface area (Å²) in [7, 11) is 0. The first-order chi connectivity index (χ1) is 10.4. The Hall–Kier alpha value is -1.52. The first-order valence-electron chi connectivity index (χ1n) is 7.45. The van der Waals surface area contributed by atoms with E-state index >= 15 is 0 Å². The quantitative estimate of drug-likeness (QED) is 0.709. The first-order valence-corrected chi connectivity index (χ1v) is 7.45. The Kier molecular flexibility index (Phi) is 7.10. The Morgan fingerprint density at radius 3 is 1.83 bits per heavy atom. The summed E-state index contributed by atoms with van der Waals surface area (Å²) in [6.45, 7) is 2.13. The van der Waals surface area contributed by atoms with Gasteiger partial charge >= 0.3 is 6.18 Å². The molecule has 0 fully saturated rings. The summed E-state index contributed by atoms with van der Waals surface area (Å²) in [6.07, 6.45) is -1.16. The number of hydrogen-bond acceptors (Lipinski definition) is 1. The van der Waals surface area contributed by atoms with Crippen LogP contribution >= 0.6 is 12.4 Å². The van der Waals surface area contributed by atoms with Crippen LogP contribution in [0.5, 0.6) is 0 Å². The Bertz CT molecular complexity index is 591. The fraction of sp³-hybridized carbons (Fsp3) is 0.333. The minimum absolute atomic E-state index is 0. The zero-order valence-electron chi connectivity index (χ0n) is 12.9. The van der Waals surface area contributed by atoms with E-state index in [0.29, 0.717) is 0 Å². The second-order valence-corrected chi connectivity index (χ2v) is 5.45. The van der Waals surface area contributed by atoms with E-state index in [-0.39, 0.29) is 18.4 Å². The van der Waals surface area contributed by atoms with Crippen molar-refractivity contribution < 1.29 is 13.2 Å². The van der Waals surface area contributed by atoms with E-state index in [2.05, 4.69) is 6.92 Å². The second-order valence-electron chi connectivity index (χ2n) is 5.45. The largest absolute Gasteiger partial charge is 0.416 e. The monoisotopic (exact) mass is 343 g/mol. The molecule has 2 aromatic rings. The van der Waals surface area contributed by atoms with E-state index in [1.54, 1.807) is 0 Å². The van der Waals surface area contributed by atoms with Gasteiger partial charge in [-0.05, 0) is 35.2 Å². The summed E-state index contributed by atoms with van der Waals surface area (Å²) in [5.74, 6) is 0. The van der Waals surface area contributed by atoms with Crippen LogP contribution in [-0.4, -0.2) is 0 Å². The maximum absolute atomic E-state index is 12.6. The lowest BCUT2D eigenvalue weighted by molar-refractivity contribution is -0.137. The van der Waals surface area contributed by atoms with Gasteiger partial charge in [0.2, 0.25) is 0 Å². The van der Waals surface area contributed by atoms with E-state index in [0.717, 1.165) is 48.1 Å². The molecular formula is C18H21ClF3N. The van der Waals surface area contributed by atoms with Crippen molar-refractivity contribution in [2.45, 2.75) is 38.4 Å². The molecule has 2 rings (SSSR count). The standard InChI is InChI=1S/C18H20F3N.ClH/c1-2-3-4-17(22)15-7-5-13(6-8-15)14-9-11-16(12-10-14)18(19,20)21;/h5-12,17H,2-4,22H2,1H3;1H/t17-;/m0./s1. The fourth-order valence-corrected chi connectivity index (χ4v) is 2.37. The molecule has 0 unspecified atom stereocenters. The van der Waals surface area contributed by atoms with Gasteiger partial charge < -0.3 is 5.73 Å². The third kappa shape index (κ3) is 5.26. The first kappa shape index (κ1) is 19.5. The van der Waals surface area contributed by atoms with Gasteiger partial charge in [-0.3, -0.25) is 0 Å². The van der Waals surface area contributed by atoms with Gasteiger partial charge in [0.15, 0.2) is 0 Å². The molecule has 1 nitrogen and oxygen atoms in total. The highest BCUT2D eigenvalue weighted by Crippen LogP contribution is 2.31. The third-order valence-electron chi connectivity index (χ3n) is 3.75. The molecule has 0 amide bonds. The van der Waals surface area contributed by atoms with E-state index in [1.165, 1.54) is 12.1 Å². The zero-order chi connectivity index (χ0) is 16.2. The molecule has 0 radical (unpaired) electrons.